The van der Waals surface area contributed by atoms with Crippen LogP contribution in [0.15, 0.2) is 71.2 Å². The average Bonchev–Trinajstić information content (AvgIpc) is 2.94. The maximum Gasteiger partial charge on any atom is 0.255 e. The zero-order chi connectivity index (χ0) is 19.1. The van der Waals surface area contributed by atoms with E-state index in [1.54, 1.807) is 0 Å². The quantitative estimate of drug-likeness (QED) is 0.409. The van der Waals surface area contributed by atoms with E-state index in [0.717, 1.165) is 26.7 Å². The topological polar surface area (TPSA) is 20.3 Å². The first-order valence-electron chi connectivity index (χ1n) is 8.59. The summed E-state index contributed by atoms with van der Waals surface area (Å²) in [6.07, 6.45) is 0. The molecule has 0 N–H and O–H groups in total. The Labute approximate surface area is 176 Å². The Kier molecular flexibility index (Phi) is 5.02. The summed E-state index contributed by atoms with van der Waals surface area (Å²) in [7, 11) is 0. The third kappa shape index (κ3) is 3.40. The van der Waals surface area contributed by atoms with Crippen molar-refractivity contribution in [2.24, 2.45) is 0 Å². The Balaban J connectivity index is 1.84. The lowest BCUT2D eigenvalue weighted by molar-refractivity contribution is 0.0676. The van der Waals surface area contributed by atoms with Gasteiger partial charge < -0.3 is 4.90 Å². The van der Waals surface area contributed by atoms with Gasteiger partial charge in [-0.3, -0.25) is 4.79 Å². The molecule has 3 aromatic carbocycles. The molecule has 1 heterocycles. The number of amides is 1. The van der Waals surface area contributed by atoms with Crippen molar-refractivity contribution in [2.45, 2.75) is 19.0 Å². The van der Waals surface area contributed by atoms with Crippen LogP contribution in [-0.4, -0.2) is 10.8 Å². The number of nitrogens with zero attached hydrogens (tertiary/aromatic N) is 1. The summed E-state index contributed by atoms with van der Waals surface area (Å²) in [6.45, 7) is 2.05. The van der Waals surface area contributed by atoms with Gasteiger partial charge in [0.25, 0.3) is 5.91 Å². The van der Waals surface area contributed by atoms with Gasteiger partial charge in [0, 0.05) is 20.1 Å². The van der Waals surface area contributed by atoms with Crippen LogP contribution in [0.5, 0.6) is 0 Å². The molecule has 0 spiro atoms. The standard InChI is InChI=1S/C22H16BrCl2NO/c1-13(14-2-7-17(24)8-3-14)26-21(15-4-9-18(25)10-5-15)19-11-6-16(23)12-20(19)22(26)27/h2-13,21H,1H3/t13-,21?/m0/s1. The van der Waals surface area contributed by atoms with Gasteiger partial charge in [-0.2, -0.15) is 0 Å². The molecular weight excluding hydrogens is 445 g/mol. The van der Waals surface area contributed by atoms with E-state index in [9.17, 15) is 4.79 Å². The van der Waals surface area contributed by atoms with Gasteiger partial charge in [-0.15, -0.1) is 0 Å². The van der Waals surface area contributed by atoms with Crippen LogP contribution in [0.25, 0.3) is 0 Å². The third-order valence-electron chi connectivity index (χ3n) is 5.01. The second kappa shape index (κ2) is 7.31. The molecule has 0 aromatic heterocycles. The molecule has 0 saturated heterocycles. The second-order valence-corrected chi connectivity index (χ2v) is 8.41. The lowest BCUT2D eigenvalue weighted by Gasteiger charge is -2.32. The Morgan fingerprint density at radius 2 is 1.52 bits per heavy atom. The molecule has 27 heavy (non-hydrogen) atoms. The first kappa shape index (κ1) is 18.5. The largest absolute Gasteiger partial charge is 0.321 e. The molecule has 136 valence electrons. The summed E-state index contributed by atoms with van der Waals surface area (Å²) >= 11 is 15.6. The first-order chi connectivity index (χ1) is 13.0. The maximum absolute atomic E-state index is 13.3. The number of carbonyl (C=O) groups excluding carboxylic acids is 1. The van der Waals surface area contributed by atoms with E-state index in [-0.39, 0.29) is 18.0 Å². The van der Waals surface area contributed by atoms with Crippen molar-refractivity contribution < 1.29 is 4.79 Å². The highest BCUT2D eigenvalue weighted by Crippen LogP contribution is 2.44. The molecule has 0 bridgehead atoms. The fourth-order valence-electron chi connectivity index (χ4n) is 3.64. The molecule has 1 aliphatic heterocycles. The SMILES string of the molecule is C[C@@H](c1ccc(Cl)cc1)N1C(=O)c2cc(Br)ccc2C1c1ccc(Cl)cc1. The molecule has 2 nitrogen and oxygen atoms in total. The van der Waals surface area contributed by atoms with Crippen LogP contribution in [0.1, 0.15) is 46.1 Å². The van der Waals surface area contributed by atoms with Crippen LogP contribution in [-0.2, 0) is 0 Å². The predicted octanol–water partition coefficient (Wildman–Crippen LogP) is 7.06. The van der Waals surface area contributed by atoms with Crippen molar-refractivity contribution in [1.29, 1.82) is 0 Å². The molecule has 1 amide bonds. The molecular formula is C22H16BrCl2NO. The van der Waals surface area contributed by atoms with Gasteiger partial charge in [-0.25, -0.2) is 0 Å². The van der Waals surface area contributed by atoms with Gasteiger partial charge in [-0.1, -0.05) is 69.5 Å². The first-order valence-corrected chi connectivity index (χ1v) is 10.1. The summed E-state index contributed by atoms with van der Waals surface area (Å²) in [5.74, 6) is 0.0219. The molecule has 3 aromatic rings. The number of fused-ring (bicyclic) bond motifs is 1. The van der Waals surface area contributed by atoms with Crippen LogP contribution in [0.2, 0.25) is 10.0 Å². The Hall–Kier alpha value is -1.81. The maximum atomic E-state index is 13.3. The van der Waals surface area contributed by atoms with E-state index in [1.807, 2.05) is 78.6 Å². The number of hydrogen-bond acceptors (Lipinski definition) is 1. The van der Waals surface area contributed by atoms with Gasteiger partial charge >= 0.3 is 0 Å². The van der Waals surface area contributed by atoms with Crippen molar-refractivity contribution in [1.82, 2.24) is 4.90 Å². The number of rotatable bonds is 3. The van der Waals surface area contributed by atoms with E-state index in [1.165, 1.54) is 0 Å². The van der Waals surface area contributed by atoms with E-state index >= 15 is 0 Å². The summed E-state index contributed by atoms with van der Waals surface area (Å²) in [5, 5.41) is 1.36. The van der Waals surface area contributed by atoms with Crippen molar-refractivity contribution in [3.63, 3.8) is 0 Å². The zero-order valence-corrected chi connectivity index (χ0v) is 17.6. The summed E-state index contributed by atoms with van der Waals surface area (Å²) in [4.78, 5) is 15.3. The normalized spacial score (nSPS) is 17.1. The van der Waals surface area contributed by atoms with Crippen LogP contribution in [0, 0.1) is 0 Å². The fourth-order valence-corrected chi connectivity index (χ4v) is 4.26. The van der Waals surface area contributed by atoms with E-state index in [0.29, 0.717) is 10.0 Å². The van der Waals surface area contributed by atoms with Gasteiger partial charge in [0.15, 0.2) is 0 Å². The highest BCUT2D eigenvalue weighted by atomic mass is 79.9. The van der Waals surface area contributed by atoms with Crippen molar-refractivity contribution in [3.8, 4) is 0 Å². The monoisotopic (exact) mass is 459 g/mol. The van der Waals surface area contributed by atoms with E-state index < -0.39 is 0 Å². The molecule has 0 radical (unpaired) electrons. The molecule has 2 atom stereocenters. The predicted molar refractivity (Wildman–Crippen MR) is 113 cm³/mol. The van der Waals surface area contributed by atoms with Gasteiger partial charge in [0.2, 0.25) is 0 Å². The summed E-state index contributed by atoms with van der Waals surface area (Å²) < 4.78 is 0.894. The minimum Gasteiger partial charge on any atom is -0.321 e. The van der Waals surface area contributed by atoms with Crippen LogP contribution in [0.4, 0.5) is 0 Å². The van der Waals surface area contributed by atoms with E-state index in [4.69, 9.17) is 23.2 Å². The minimum absolute atomic E-state index is 0.0219. The lowest BCUT2D eigenvalue weighted by Crippen LogP contribution is -2.31. The highest BCUT2D eigenvalue weighted by molar-refractivity contribution is 9.10. The Morgan fingerprint density at radius 3 is 2.15 bits per heavy atom. The van der Waals surface area contributed by atoms with Gasteiger partial charge in [0.1, 0.15) is 0 Å². The van der Waals surface area contributed by atoms with Gasteiger partial charge in [0.05, 0.1) is 12.1 Å². The molecule has 4 rings (SSSR count). The highest BCUT2D eigenvalue weighted by Gasteiger charge is 2.40. The minimum atomic E-state index is -0.163. The molecule has 1 aliphatic rings. The van der Waals surface area contributed by atoms with Crippen molar-refractivity contribution in [2.75, 3.05) is 0 Å². The number of halogens is 3. The Bertz CT molecular complexity index is 1000. The molecule has 0 saturated carbocycles. The Morgan fingerprint density at radius 1 is 0.926 bits per heavy atom. The summed E-state index contributed by atoms with van der Waals surface area (Å²) in [6, 6.07) is 21.0. The zero-order valence-electron chi connectivity index (χ0n) is 14.5. The van der Waals surface area contributed by atoms with Crippen molar-refractivity contribution >= 4 is 45.0 Å². The smallest absolute Gasteiger partial charge is 0.255 e. The average molecular weight is 461 g/mol. The molecule has 0 aliphatic carbocycles. The molecule has 0 fully saturated rings. The molecule has 1 unspecified atom stereocenters. The van der Waals surface area contributed by atoms with Crippen LogP contribution < -0.4 is 0 Å². The van der Waals surface area contributed by atoms with Crippen LogP contribution in [0.3, 0.4) is 0 Å². The van der Waals surface area contributed by atoms with Crippen LogP contribution >= 0.6 is 39.1 Å². The van der Waals surface area contributed by atoms with E-state index in [2.05, 4.69) is 15.9 Å². The molecule has 5 heteroatoms. The lowest BCUT2D eigenvalue weighted by atomic mass is 9.96. The number of hydrogen-bond donors (Lipinski definition) is 0. The third-order valence-corrected chi connectivity index (χ3v) is 6.01. The van der Waals surface area contributed by atoms with Crippen molar-refractivity contribution in [3.05, 3.63) is 104 Å². The van der Waals surface area contributed by atoms with Gasteiger partial charge in [-0.05, 0) is 60.0 Å². The number of carbonyl (C=O) groups is 1. The fraction of sp³-hybridized carbons (Fsp3) is 0.136. The number of benzene rings is 3. The second-order valence-electron chi connectivity index (χ2n) is 6.63. The summed E-state index contributed by atoms with van der Waals surface area (Å²) in [5.41, 5.74) is 3.81.